The summed E-state index contributed by atoms with van der Waals surface area (Å²) in [6.45, 7) is 10.7. The van der Waals surface area contributed by atoms with E-state index < -0.39 is 0 Å². The van der Waals surface area contributed by atoms with Crippen molar-refractivity contribution in [2.75, 3.05) is 32.8 Å². The molecule has 1 spiro atoms. The van der Waals surface area contributed by atoms with Gasteiger partial charge in [-0.25, -0.2) is 0 Å². The van der Waals surface area contributed by atoms with E-state index in [4.69, 9.17) is 9.47 Å². The third kappa shape index (κ3) is 2.16. The van der Waals surface area contributed by atoms with Crippen LogP contribution in [0, 0.1) is 0 Å². The van der Waals surface area contributed by atoms with Gasteiger partial charge in [-0.15, -0.1) is 0 Å². The number of ether oxygens (including phenoxy) is 2. The van der Waals surface area contributed by atoms with Crippen LogP contribution in [0.25, 0.3) is 0 Å². The lowest BCUT2D eigenvalue weighted by Gasteiger charge is -2.37. The first-order chi connectivity index (χ1) is 6.70. The minimum Gasteiger partial charge on any atom is -0.347 e. The van der Waals surface area contributed by atoms with Crippen molar-refractivity contribution in [2.24, 2.45) is 0 Å². The van der Waals surface area contributed by atoms with Gasteiger partial charge in [0.1, 0.15) is 0 Å². The second-order valence-corrected chi connectivity index (χ2v) is 4.34. The molecule has 0 bridgehead atoms. The van der Waals surface area contributed by atoms with Crippen LogP contribution in [-0.2, 0) is 9.47 Å². The molecule has 0 aromatic carbocycles. The van der Waals surface area contributed by atoms with Crippen LogP contribution < -0.4 is 0 Å². The van der Waals surface area contributed by atoms with E-state index in [0.29, 0.717) is 0 Å². The topological polar surface area (TPSA) is 21.7 Å². The molecule has 2 aliphatic rings. The Morgan fingerprint density at radius 2 is 1.86 bits per heavy atom. The normalized spacial score (nSPS) is 26.9. The van der Waals surface area contributed by atoms with Crippen LogP contribution in [0.2, 0.25) is 0 Å². The molecule has 2 fully saturated rings. The summed E-state index contributed by atoms with van der Waals surface area (Å²) < 4.78 is 11.3. The summed E-state index contributed by atoms with van der Waals surface area (Å²) in [5, 5.41) is 0. The Balaban J connectivity index is 1.82. The Hall–Kier alpha value is -0.380. The minimum absolute atomic E-state index is 0.231. The van der Waals surface area contributed by atoms with Crippen LogP contribution in [0.4, 0.5) is 0 Å². The Morgan fingerprint density at radius 1 is 1.29 bits per heavy atom. The molecule has 0 atom stereocenters. The van der Waals surface area contributed by atoms with E-state index >= 15 is 0 Å². The first kappa shape index (κ1) is 10.1. The molecule has 0 aromatic rings. The Morgan fingerprint density at radius 3 is 2.36 bits per heavy atom. The lowest BCUT2D eigenvalue weighted by atomic mass is 10.0. The summed E-state index contributed by atoms with van der Waals surface area (Å²) in [7, 11) is 0. The highest BCUT2D eigenvalue weighted by atomic mass is 16.7. The zero-order valence-corrected chi connectivity index (χ0v) is 8.92. The van der Waals surface area contributed by atoms with Gasteiger partial charge in [0.05, 0.1) is 13.2 Å². The number of piperidine rings is 1. The molecular weight excluding hydrogens is 178 g/mol. The van der Waals surface area contributed by atoms with Crippen molar-refractivity contribution in [2.45, 2.75) is 25.6 Å². The standard InChI is InChI=1S/C11H19NO2/c1-10(2)9-12-5-3-11(4-6-12)13-7-8-14-11/h1,3-9H2,2H3. The molecule has 14 heavy (non-hydrogen) atoms. The van der Waals surface area contributed by atoms with Crippen LogP contribution in [0.1, 0.15) is 19.8 Å². The largest absolute Gasteiger partial charge is 0.347 e. The fourth-order valence-electron chi connectivity index (χ4n) is 2.22. The van der Waals surface area contributed by atoms with E-state index in [-0.39, 0.29) is 5.79 Å². The van der Waals surface area contributed by atoms with E-state index in [2.05, 4.69) is 18.4 Å². The quantitative estimate of drug-likeness (QED) is 0.625. The molecule has 2 aliphatic heterocycles. The van der Waals surface area contributed by atoms with Gasteiger partial charge < -0.3 is 9.47 Å². The summed E-state index contributed by atoms with van der Waals surface area (Å²) in [6.07, 6.45) is 2.00. The smallest absolute Gasteiger partial charge is 0.170 e. The van der Waals surface area contributed by atoms with Crippen LogP contribution in [0.5, 0.6) is 0 Å². The fraction of sp³-hybridized carbons (Fsp3) is 0.818. The van der Waals surface area contributed by atoms with E-state index in [0.717, 1.165) is 45.7 Å². The molecule has 0 saturated carbocycles. The van der Waals surface area contributed by atoms with Gasteiger partial charge in [0.15, 0.2) is 5.79 Å². The number of hydrogen-bond donors (Lipinski definition) is 0. The molecule has 0 amide bonds. The number of hydrogen-bond acceptors (Lipinski definition) is 3. The van der Waals surface area contributed by atoms with Gasteiger partial charge in [0.25, 0.3) is 0 Å². The molecule has 0 aliphatic carbocycles. The first-order valence-electron chi connectivity index (χ1n) is 5.35. The molecule has 2 saturated heterocycles. The Kier molecular flexibility index (Phi) is 2.91. The van der Waals surface area contributed by atoms with Gasteiger partial charge in [0, 0.05) is 32.5 Å². The second-order valence-electron chi connectivity index (χ2n) is 4.34. The van der Waals surface area contributed by atoms with Crippen molar-refractivity contribution in [1.29, 1.82) is 0 Å². The monoisotopic (exact) mass is 197 g/mol. The maximum atomic E-state index is 5.66. The highest BCUT2D eigenvalue weighted by molar-refractivity contribution is 4.94. The predicted molar refractivity (Wildman–Crippen MR) is 55.1 cm³/mol. The lowest BCUT2D eigenvalue weighted by molar-refractivity contribution is -0.184. The van der Waals surface area contributed by atoms with Crippen molar-refractivity contribution in [1.82, 2.24) is 4.90 Å². The van der Waals surface area contributed by atoms with Gasteiger partial charge in [-0.1, -0.05) is 12.2 Å². The summed E-state index contributed by atoms with van der Waals surface area (Å²) in [5.74, 6) is -0.231. The summed E-state index contributed by atoms with van der Waals surface area (Å²) in [4.78, 5) is 2.42. The first-order valence-corrected chi connectivity index (χ1v) is 5.35. The van der Waals surface area contributed by atoms with E-state index in [1.165, 1.54) is 5.57 Å². The highest BCUT2D eigenvalue weighted by Gasteiger charge is 2.39. The van der Waals surface area contributed by atoms with Crippen LogP contribution in [0.15, 0.2) is 12.2 Å². The average molecular weight is 197 g/mol. The van der Waals surface area contributed by atoms with Gasteiger partial charge in [-0.2, -0.15) is 0 Å². The van der Waals surface area contributed by atoms with E-state index in [1.54, 1.807) is 0 Å². The maximum absolute atomic E-state index is 5.66. The number of rotatable bonds is 2. The maximum Gasteiger partial charge on any atom is 0.170 e. The highest BCUT2D eigenvalue weighted by Crippen LogP contribution is 2.31. The van der Waals surface area contributed by atoms with Gasteiger partial charge >= 0.3 is 0 Å². The zero-order chi connectivity index (χ0) is 10.0. The fourth-order valence-corrected chi connectivity index (χ4v) is 2.22. The molecular formula is C11H19NO2. The van der Waals surface area contributed by atoms with Gasteiger partial charge in [-0.05, 0) is 6.92 Å². The van der Waals surface area contributed by atoms with Crippen LogP contribution >= 0.6 is 0 Å². The van der Waals surface area contributed by atoms with Crippen molar-refractivity contribution >= 4 is 0 Å². The Bertz CT molecular complexity index is 211. The second kappa shape index (κ2) is 4.01. The molecule has 0 aromatic heterocycles. The molecule has 3 heteroatoms. The van der Waals surface area contributed by atoms with Crippen molar-refractivity contribution in [3.63, 3.8) is 0 Å². The molecule has 0 N–H and O–H groups in total. The number of likely N-dealkylation sites (tertiary alicyclic amines) is 1. The summed E-state index contributed by atoms with van der Waals surface area (Å²) in [6, 6.07) is 0. The molecule has 80 valence electrons. The molecule has 2 rings (SSSR count). The van der Waals surface area contributed by atoms with Gasteiger partial charge in [-0.3, -0.25) is 4.90 Å². The number of nitrogens with zero attached hydrogens (tertiary/aromatic N) is 1. The molecule has 3 nitrogen and oxygen atoms in total. The van der Waals surface area contributed by atoms with Crippen molar-refractivity contribution < 1.29 is 9.47 Å². The third-order valence-electron chi connectivity index (χ3n) is 2.92. The van der Waals surface area contributed by atoms with Crippen molar-refractivity contribution in [3.8, 4) is 0 Å². The zero-order valence-electron chi connectivity index (χ0n) is 8.92. The van der Waals surface area contributed by atoms with Gasteiger partial charge in [0.2, 0.25) is 0 Å². The molecule has 2 heterocycles. The predicted octanol–water partition coefficient (Wildman–Crippen LogP) is 1.40. The summed E-state index contributed by atoms with van der Waals surface area (Å²) >= 11 is 0. The minimum atomic E-state index is -0.231. The molecule has 0 unspecified atom stereocenters. The lowest BCUT2D eigenvalue weighted by Crippen LogP contribution is -2.45. The van der Waals surface area contributed by atoms with Crippen LogP contribution in [0.3, 0.4) is 0 Å². The third-order valence-corrected chi connectivity index (χ3v) is 2.92. The summed E-state index contributed by atoms with van der Waals surface area (Å²) in [5.41, 5.74) is 1.23. The van der Waals surface area contributed by atoms with E-state index in [1.807, 2.05) is 0 Å². The Labute approximate surface area is 85.7 Å². The van der Waals surface area contributed by atoms with Crippen molar-refractivity contribution in [3.05, 3.63) is 12.2 Å². The van der Waals surface area contributed by atoms with E-state index in [9.17, 15) is 0 Å². The average Bonchev–Trinajstić information content (AvgIpc) is 2.58. The molecule has 0 radical (unpaired) electrons. The SMILES string of the molecule is C=C(C)CN1CCC2(CC1)OCCO2. The van der Waals surface area contributed by atoms with Crippen LogP contribution in [-0.4, -0.2) is 43.5 Å².